The van der Waals surface area contributed by atoms with E-state index in [1.165, 1.54) is 13.1 Å². The third-order valence-corrected chi connectivity index (χ3v) is 4.75. The Kier molecular flexibility index (Phi) is 3.49. The molecule has 5 nitrogen and oxygen atoms in total. The van der Waals surface area contributed by atoms with Gasteiger partial charge in [-0.3, -0.25) is 0 Å². The first-order valence-electron chi connectivity index (χ1n) is 6.02. The molecule has 6 heteroatoms. The molecule has 0 bridgehead atoms. The number of hydrogen-bond acceptors (Lipinski definition) is 4. The van der Waals surface area contributed by atoms with Crippen molar-refractivity contribution in [2.75, 3.05) is 18.1 Å². The molecule has 1 aliphatic rings. The summed E-state index contributed by atoms with van der Waals surface area (Å²) in [7, 11) is -2.04. The highest BCUT2D eigenvalue weighted by atomic mass is 32.2. The fourth-order valence-electron chi connectivity index (χ4n) is 2.20. The van der Waals surface area contributed by atoms with Gasteiger partial charge in [0.1, 0.15) is 0 Å². The molecule has 0 radical (unpaired) electrons. The number of nitrogens with two attached hydrogens (primary N) is 1. The van der Waals surface area contributed by atoms with E-state index < -0.39 is 10.0 Å². The van der Waals surface area contributed by atoms with E-state index in [1.807, 2.05) is 0 Å². The van der Waals surface area contributed by atoms with Crippen LogP contribution in [0.15, 0.2) is 23.1 Å². The number of rotatable bonds is 4. The molecule has 1 aromatic rings. The van der Waals surface area contributed by atoms with Crippen molar-refractivity contribution < 1.29 is 8.42 Å². The zero-order valence-corrected chi connectivity index (χ0v) is 11.4. The topological polar surface area (TPSA) is 84.2 Å². The number of nitrogen functional groups attached to an aromatic ring is 1. The summed E-state index contributed by atoms with van der Waals surface area (Å²) < 4.78 is 25.5. The molecule has 1 saturated carbocycles. The molecule has 0 aliphatic heterocycles. The summed E-state index contributed by atoms with van der Waals surface area (Å²) >= 11 is 0. The van der Waals surface area contributed by atoms with Crippen molar-refractivity contribution in [3.63, 3.8) is 0 Å². The molecule has 1 aliphatic carbocycles. The molecule has 0 aromatic heterocycles. The lowest BCUT2D eigenvalue weighted by atomic mass is 9.82. The lowest BCUT2D eigenvalue weighted by molar-refractivity contribution is 0.309. The van der Waals surface area contributed by atoms with Gasteiger partial charge >= 0.3 is 0 Å². The van der Waals surface area contributed by atoms with Crippen molar-refractivity contribution in [1.29, 1.82) is 0 Å². The van der Waals surface area contributed by atoms with E-state index >= 15 is 0 Å². The number of anilines is 2. The average molecular weight is 269 g/mol. The number of hydrogen-bond donors (Lipinski definition) is 3. The smallest absolute Gasteiger partial charge is 0.240 e. The zero-order chi connectivity index (χ0) is 13.3. The maximum atomic E-state index is 11.6. The maximum absolute atomic E-state index is 11.6. The predicted octanol–water partition coefficient (Wildman–Crippen LogP) is 1.39. The zero-order valence-electron chi connectivity index (χ0n) is 10.6. The second kappa shape index (κ2) is 4.78. The molecule has 0 atom stereocenters. The third-order valence-electron chi connectivity index (χ3n) is 3.34. The van der Waals surface area contributed by atoms with Crippen LogP contribution in [-0.4, -0.2) is 21.5 Å². The molecule has 2 rings (SSSR count). The lowest BCUT2D eigenvalue weighted by Gasteiger charge is -2.34. The fraction of sp³-hybridized carbons (Fsp3) is 0.500. The van der Waals surface area contributed by atoms with E-state index in [2.05, 4.69) is 17.0 Å². The van der Waals surface area contributed by atoms with Crippen LogP contribution >= 0.6 is 0 Å². The largest absolute Gasteiger partial charge is 0.397 e. The Morgan fingerprint density at radius 2 is 2.00 bits per heavy atom. The van der Waals surface area contributed by atoms with Crippen LogP contribution in [0.3, 0.4) is 0 Å². The summed E-state index contributed by atoms with van der Waals surface area (Å²) in [6.07, 6.45) is 2.27. The summed E-state index contributed by atoms with van der Waals surface area (Å²) in [6, 6.07) is 5.22. The fourth-order valence-corrected chi connectivity index (χ4v) is 2.96. The standard InChI is InChI=1S/C12H19N3O2S/c1-8-5-9(6-8)15-12-4-3-10(7-11(12)13)18(16,17)14-2/h3-4,7-9,14-15H,5-6,13H2,1-2H3. The molecule has 0 spiro atoms. The van der Waals surface area contributed by atoms with Crippen LogP contribution in [0.5, 0.6) is 0 Å². The lowest BCUT2D eigenvalue weighted by Crippen LogP contribution is -2.34. The predicted molar refractivity (Wildman–Crippen MR) is 72.9 cm³/mol. The molecule has 0 heterocycles. The Morgan fingerprint density at radius 1 is 1.33 bits per heavy atom. The molecular formula is C12H19N3O2S. The highest BCUT2D eigenvalue weighted by Gasteiger charge is 2.25. The van der Waals surface area contributed by atoms with Gasteiger partial charge in [0.05, 0.1) is 16.3 Å². The molecule has 1 aromatic carbocycles. The van der Waals surface area contributed by atoms with Crippen molar-refractivity contribution in [2.24, 2.45) is 5.92 Å². The molecule has 0 saturated heterocycles. The van der Waals surface area contributed by atoms with E-state index in [1.54, 1.807) is 12.1 Å². The number of sulfonamides is 1. The molecule has 0 amide bonds. The Hall–Kier alpha value is -1.27. The van der Waals surface area contributed by atoms with Crippen molar-refractivity contribution in [3.8, 4) is 0 Å². The van der Waals surface area contributed by atoms with Crippen LogP contribution < -0.4 is 15.8 Å². The van der Waals surface area contributed by atoms with Crippen LogP contribution in [-0.2, 0) is 10.0 Å². The Labute approximate surface area is 108 Å². The second-order valence-corrected chi connectivity index (χ2v) is 6.76. The van der Waals surface area contributed by atoms with E-state index in [9.17, 15) is 8.42 Å². The first-order valence-corrected chi connectivity index (χ1v) is 7.50. The van der Waals surface area contributed by atoms with Gasteiger partial charge in [0.15, 0.2) is 0 Å². The molecule has 1 fully saturated rings. The van der Waals surface area contributed by atoms with Gasteiger partial charge in [-0.05, 0) is 44.0 Å². The molecular weight excluding hydrogens is 250 g/mol. The number of nitrogens with one attached hydrogen (secondary N) is 2. The maximum Gasteiger partial charge on any atom is 0.240 e. The van der Waals surface area contributed by atoms with Crippen molar-refractivity contribution in [2.45, 2.75) is 30.7 Å². The molecule has 18 heavy (non-hydrogen) atoms. The molecule has 100 valence electrons. The van der Waals surface area contributed by atoms with E-state index in [4.69, 9.17) is 5.73 Å². The molecule has 4 N–H and O–H groups in total. The normalized spacial score (nSPS) is 23.4. The van der Waals surface area contributed by atoms with Crippen molar-refractivity contribution in [3.05, 3.63) is 18.2 Å². The average Bonchev–Trinajstić information content (AvgIpc) is 2.29. The van der Waals surface area contributed by atoms with Crippen molar-refractivity contribution >= 4 is 21.4 Å². The first kappa shape index (κ1) is 13.2. The van der Waals surface area contributed by atoms with Gasteiger partial charge in [0.25, 0.3) is 0 Å². The Morgan fingerprint density at radius 3 is 2.50 bits per heavy atom. The summed E-state index contributed by atoms with van der Waals surface area (Å²) in [5, 5.41) is 3.33. The van der Waals surface area contributed by atoms with Crippen LogP contribution in [0.1, 0.15) is 19.8 Å². The first-order chi connectivity index (χ1) is 8.42. The minimum absolute atomic E-state index is 0.190. The summed E-state index contributed by atoms with van der Waals surface area (Å²) in [5.41, 5.74) is 7.15. The number of benzene rings is 1. The second-order valence-electron chi connectivity index (χ2n) is 4.87. The Bertz CT molecular complexity index is 536. The van der Waals surface area contributed by atoms with Gasteiger partial charge in [0, 0.05) is 6.04 Å². The summed E-state index contributed by atoms with van der Waals surface area (Å²) in [5.74, 6) is 0.757. The monoisotopic (exact) mass is 269 g/mol. The van der Waals surface area contributed by atoms with Gasteiger partial charge in [-0.1, -0.05) is 6.92 Å². The highest BCUT2D eigenvalue weighted by Crippen LogP contribution is 2.31. The summed E-state index contributed by atoms with van der Waals surface area (Å²) in [6.45, 7) is 2.21. The van der Waals surface area contributed by atoms with Crippen LogP contribution in [0.2, 0.25) is 0 Å². The van der Waals surface area contributed by atoms with Gasteiger partial charge in [-0.15, -0.1) is 0 Å². The van der Waals surface area contributed by atoms with E-state index in [0.717, 1.165) is 24.4 Å². The van der Waals surface area contributed by atoms with Gasteiger partial charge in [-0.25, -0.2) is 13.1 Å². The van der Waals surface area contributed by atoms with E-state index in [-0.39, 0.29) is 4.90 Å². The molecule has 0 unspecified atom stereocenters. The van der Waals surface area contributed by atoms with Crippen LogP contribution in [0, 0.1) is 5.92 Å². The van der Waals surface area contributed by atoms with Gasteiger partial charge < -0.3 is 11.1 Å². The van der Waals surface area contributed by atoms with Crippen LogP contribution in [0.25, 0.3) is 0 Å². The third kappa shape index (κ3) is 2.59. The van der Waals surface area contributed by atoms with Crippen LogP contribution in [0.4, 0.5) is 11.4 Å². The Balaban J connectivity index is 2.15. The van der Waals surface area contributed by atoms with E-state index in [0.29, 0.717) is 11.7 Å². The van der Waals surface area contributed by atoms with Gasteiger partial charge in [-0.2, -0.15) is 0 Å². The SMILES string of the molecule is CNS(=O)(=O)c1ccc(NC2CC(C)C2)c(N)c1. The minimum atomic E-state index is -3.42. The summed E-state index contributed by atoms with van der Waals surface area (Å²) in [4.78, 5) is 0.190. The quantitative estimate of drug-likeness (QED) is 0.721. The highest BCUT2D eigenvalue weighted by molar-refractivity contribution is 7.89. The minimum Gasteiger partial charge on any atom is -0.397 e. The van der Waals surface area contributed by atoms with Crippen molar-refractivity contribution in [1.82, 2.24) is 4.72 Å². The van der Waals surface area contributed by atoms with Gasteiger partial charge in [0.2, 0.25) is 10.0 Å².